The van der Waals surface area contributed by atoms with E-state index in [4.69, 9.17) is 0 Å². The van der Waals surface area contributed by atoms with Gasteiger partial charge < -0.3 is 10.2 Å². The van der Waals surface area contributed by atoms with Crippen LogP contribution in [0, 0.1) is 0 Å². The lowest BCUT2D eigenvalue weighted by Gasteiger charge is -2.41. The molecule has 0 saturated carbocycles. The van der Waals surface area contributed by atoms with Gasteiger partial charge in [0.2, 0.25) is 17.7 Å². The highest BCUT2D eigenvalue weighted by molar-refractivity contribution is 6.05. The van der Waals surface area contributed by atoms with Crippen molar-refractivity contribution in [1.29, 1.82) is 0 Å². The van der Waals surface area contributed by atoms with Crippen molar-refractivity contribution in [1.82, 2.24) is 15.5 Å². The molecule has 100 valence electrons. The smallest absolute Gasteiger partial charge is 0.249 e. The quantitative estimate of drug-likeness (QED) is 0.611. The molecule has 0 aliphatic carbocycles. The Balaban J connectivity index is 2.16. The van der Waals surface area contributed by atoms with Crippen molar-refractivity contribution >= 4 is 17.7 Å². The molecule has 3 amide bonds. The summed E-state index contributed by atoms with van der Waals surface area (Å²) in [5, 5.41) is 5.45. The second-order valence-electron chi connectivity index (χ2n) is 5.24. The molecular weight excluding hydrogens is 234 g/mol. The van der Waals surface area contributed by atoms with E-state index < -0.39 is 23.4 Å². The SMILES string of the molecule is CC1C(=O)NC(=O)CN1C(=O)C1(C)CCCCN1. The third-order valence-electron chi connectivity index (χ3n) is 3.78. The van der Waals surface area contributed by atoms with Crippen LogP contribution in [0.1, 0.15) is 33.1 Å². The number of piperazine rings is 1. The molecule has 0 bridgehead atoms. The zero-order chi connectivity index (χ0) is 13.3. The van der Waals surface area contributed by atoms with Crippen molar-refractivity contribution in [2.45, 2.75) is 44.7 Å². The Morgan fingerprint density at radius 1 is 1.39 bits per heavy atom. The summed E-state index contributed by atoms with van der Waals surface area (Å²) >= 11 is 0. The average Bonchev–Trinajstić information content (AvgIpc) is 2.34. The Labute approximate surface area is 106 Å². The van der Waals surface area contributed by atoms with Crippen LogP contribution >= 0.6 is 0 Å². The molecule has 2 rings (SSSR count). The van der Waals surface area contributed by atoms with Crippen molar-refractivity contribution < 1.29 is 14.4 Å². The molecule has 0 aromatic carbocycles. The maximum absolute atomic E-state index is 12.5. The van der Waals surface area contributed by atoms with E-state index in [1.54, 1.807) is 6.92 Å². The highest BCUT2D eigenvalue weighted by atomic mass is 16.2. The van der Waals surface area contributed by atoms with E-state index in [1.165, 1.54) is 4.90 Å². The number of rotatable bonds is 1. The lowest BCUT2D eigenvalue weighted by atomic mass is 9.88. The monoisotopic (exact) mass is 253 g/mol. The third-order valence-corrected chi connectivity index (χ3v) is 3.78. The maximum Gasteiger partial charge on any atom is 0.249 e. The second-order valence-corrected chi connectivity index (χ2v) is 5.24. The van der Waals surface area contributed by atoms with E-state index in [1.807, 2.05) is 6.92 Å². The van der Waals surface area contributed by atoms with E-state index in [0.717, 1.165) is 25.8 Å². The summed E-state index contributed by atoms with van der Waals surface area (Å²) in [6.07, 6.45) is 2.78. The fourth-order valence-electron chi connectivity index (χ4n) is 2.52. The number of carbonyl (C=O) groups excluding carboxylic acids is 3. The summed E-state index contributed by atoms with van der Waals surface area (Å²) < 4.78 is 0. The predicted octanol–water partition coefficient (Wildman–Crippen LogP) is -0.608. The first kappa shape index (κ1) is 13.0. The molecule has 6 nitrogen and oxygen atoms in total. The molecule has 2 fully saturated rings. The molecule has 2 aliphatic heterocycles. The van der Waals surface area contributed by atoms with Crippen LogP contribution in [0.15, 0.2) is 0 Å². The molecule has 2 unspecified atom stereocenters. The van der Waals surface area contributed by atoms with Gasteiger partial charge in [0.15, 0.2) is 0 Å². The second kappa shape index (κ2) is 4.68. The van der Waals surface area contributed by atoms with Crippen molar-refractivity contribution in [3.05, 3.63) is 0 Å². The van der Waals surface area contributed by atoms with Gasteiger partial charge in [0, 0.05) is 0 Å². The number of nitrogens with zero attached hydrogens (tertiary/aromatic N) is 1. The van der Waals surface area contributed by atoms with Crippen LogP contribution in [-0.4, -0.2) is 47.3 Å². The number of imide groups is 1. The van der Waals surface area contributed by atoms with Gasteiger partial charge in [0.05, 0.1) is 5.54 Å². The number of hydrogen-bond acceptors (Lipinski definition) is 4. The van der Waals surface area contributed by atoms with Gasteiger partial charge in [0.1, 0.15) is 12.6 Å². The lowest BCUT2D eigenvalue weighted by Crippen LogP contribution is -2.65. The first-order valence-electron chi connectivity index (χ1n) is 6.34. The van der Waals surface area contributed by atoms with Gasteiger partial charge in [-0.3, -0.25) is 19.7 Å². The summed E-state index contributed by atoms with van der Waals surface area (Å²) in [6, 6.07) is -0.587. The van der Waals surface area contributed by atoms with E-state index in [9.17, 15) is 14.4 Å². The molecule has 2 atom stereocenters. The van der Waals surface area contributed by atoms with Gasteiger partial charge in [0.25, 0.3) is 0 Å². The van der Waals surface area contributed by atoms with Crippen LogP contribution < -0.4 is 10.6 Å². The normalized spacial score (nSPS) is 33.2. The Bertz CT molecular complexity index is 388. The number of nitrogens with one attached hydrogen (secondary N) is 2. The highest BCUT2D eigenvalue weighted by Crippen LogP contribution is 2.23. The molecule has 2 saturated heterocycles. The van der Waals surface area contributed by atoms with E-state index in [0.29, 0.717) is 0 Å². The molecule has 18 heavy (non-hydrogen) atoms. The third kappa shape index (κ3) is 2.25. The van der Waals surface area contributed by atoms with Gasteiger partial charge in [-0.1, -0.05) is 0 Å². The summed E-state index contributed by atoms with van der Waals surface area (Å²) in [7, 11) is 0. The standard InChI is InChI=1S/C12H19N3O3/c1-8-10(17)14-9(16)7-15(8)11(18)12(2)5-3-4-6-13-12/h8,13H,3-7H2,1-2H3,(H,14,16,17). The van der Waals surface area contributed by atoms with Crippen LogP contribution in [0.2, 0.25) is 0 Å². The fraction of sp³-hybridized carbons (Fsp3) is 0.750. The zero-order valence-corrected chi connectivity index (χ0v) is 10.8. The summed E-state index contributed by atoms with van der Waals surface area (Å²) in [6.45, 7) is 4.25. The van der Waals surface area contributed by atoms with Crippen LogP contribution in [0.5, 0.6) is 0 Å². The zero-order valence-electron chi connectivity index (χ0n) is 10.8. The van der Waals surface area contributed by atoms with Gasteiger partial charge in [-0.05, 0) is 39.7 Å². The highest BCUT2D eigenvalue weighted by Gasteiger charge is 2.42. The first-order chi connectivity index (χ1) is 8.44. The maximum atomic E-state index is 12.5. The number of carbonyl (C=O) groups is 3. The molecule has 0 aromatic heterocycles. The number of piperidine rings is 1. The molecule has 2 heterocycles. The molecule has 2 aliphatic rings. The van der Waals surface area contributed by atoms with Crippen LogP contribution in [-0.2, 0) is 14.4 Å². The van der Waals surface area contributed by atoms with Gasteiger partial charge in [-0.2, -0.15) is 0 Å². The Hall–Kier alpha value is -1.43. The van der Waals surface area contributed by atoms with Crippen LogP contribution in [0.25, 0.3) is 0 Å². The number of hydrogen-bond donors (Lipinski definition) is 2. The topological polar surface area (TPSA) is 78.5 Å². The van der Waals surface area contributed by atoms with Gasteiger partial charge >= 0.3 is 0 Å². The van der Waals surface area contributed by atoms with E-state index in [-0.39, 0.29) is 12.5 Å². The van der Waals surface area contributed by atoms with E-state index in [2.05, 4.69) is 10.6 Å². The minimum Gasteiger partial charge on any atom is -0.320 e. The van der Waals surface area contributed by atoms with Crippen molar-refractivity contribution in [3.8, 4) is 0 Å². The number of amides is 3. The molecule has 0 aromatic rings. The van der Waals surface area contributed by atoms with Crippen LogP contribution in [0.3, 0.4) is 0 Å². The molecule has 0 spiro atoms. The molecule has 6 heteroatoms. The predicted molar refractivity (Wildman–Crippen MR) is 64.6 cm³/mol. The minimum absolute atomic E-state index is 0.0387. The fourth-order valence-corrected chi connectivity index (χ4v) is 2.52. The average molecular weight is 253 g/mol. The van der Waals surface area contributed by atoms with Crippen LogP contribution in [0.4, 0.5) is 0 Å². The van der Waals surface area contributed by atoms with Crippen molar-refractivity contribution in [2.75, 3.05) is 13.1 Å². The van der Waals surface area contributed by atoms with Crippen molar-refractivity contribution in [2.24, 2.45) is 0 Å². The molecular formula is C12H19N3O3. The minimum atomic E-state index is -0.648. The summed E-state index contributed by atoms with van der Waals surface area (Å²) in [5.41, 5.74) is -0.648. The Morgan fingerprint density at radius 3 is 2.72 bits per heavy atom. The molecule has 0 radical (unpaired) electrons. The largest absolute Gasteiger partial charge is 0.320 e. The summed E-state index contributed by atoms with van der Waals surface area (Å²) in [5.74, 6) is -0.970. The van der Waals surface area contributed by atoms with Gasteiger partial charge in [-0.15, -0.1) is 0 Å². The van der Waals surface area contributed by atoms with Gasteiger partial charge in [-0.25, -0.2) is 0 Å². The Morgan fingerprint density at radius 2 is 2.11 bits per heavy atom. The summed E-state index contributed by atoms with van der Waals surface area (Å²) in [4.78, 5) is 36.8. The molecule has 2 N–H and O–H groups in total. The first-order valence-corrected chi connectivity index (χ1v) is 6.34. The Kier molecular flexibility index (Phi) is 3.38. The van der Waals surface area contributed by atoms with Crippen molar-refractivity contribution in [3.63, 3.8) is 0 Å². The lowest BCUT2D eigenvalue weighted by molar-refractivity contribution is -0.153. The van der Waals surface area contributed by atoms with E-state index >= 15 is 0 Å².